The highest BCUT2D eigenvalue weighted by molar-refractivity contribution is 5.90. The molecule has 0 radical (unpaired) electrons. The fourth-order valence-corrected chi connectivity index (χ4v) is 3.45. The molecule has 3 heterocycles. The molecule has 1 unspecified atom stereocenters. The third-order valence-corrected chi connectivity index (χ3v) is 4.92. The maximum Gasteiger partial charge on any atom is 0.266 e. The van der Waals surface area contributed by atoms with Crippen LogP contribution in [-0.4, -0.2) is 34.2 Å². The summed E-state index contributed by atoms with van der Waals surface area (Å²) in [6, 6.07) is 5.68. The molecule has 9 heteroatoms. The van der Waals surface area contributed by atoms with Crippen molar-refractivity contribution in [2.75, 3.05) is 23.3 Å². The number of pyridine rings is 1. The number of aromatic nitrogens is 3. The Morgan fingerprint density at radius 1 is 1.28 bits per heavy atom. The summed E-state index contributed by atoms with van der Waals surface area (Å²) in [5, 5.41) is 3.67. The molecule has 1 aromatic carbocycles. The molecule has 1 aliphatic rings. The van der Waals surface area contributed by atoms with E-state index >= 15 is 0 Å². The molecular weight excluding hydrogens is 386 g/mol. The Bertz CT molecular complexity index is 1040. The lowest BCUT2D eigenvalue weighted by atomic mass is 10.1. The second-order valence-electron chi connectivity index (χ2n) is 6.99. The van der Waals surface area contributed by atoms with E-state index < -0.39 is 24.0 Å². The molecule has 0 saturated carbocycles. The van der Waals surface area contributed by atoms with Crippen LogP contribution in [0, 0.1) is 12.7 Å². The van der Waals surface area contributed by atoms with Gasteiger partial charge in [0.05, 0.1) is 23.8 Å². The zero-order valence-electron chi connectivity index (χ0n) is 15.7. The van der Waals surface area contributed by atoms with Crippen molar-refractivity contribution in [1.82, 2.24) is 15.0 Å². The molecule has 0 bridgehead atoms. The minimum atomic E-state index is -2.88. The fraction of sp³-hybridized carbons (Fsp3) is 0.350. The average Bonchev–Trinajstić information content (AvgIpc) is 3.12. The third kappa shape index (κ3) is 3.94. The second-order valence-corrected chi connectivity index (χ2v) is 6.99. The average molecular weight is 405 g/mol. The molecule has 1 fully saturated rings. The SMILES string of the molecule is Cc1nc(NCc2cccc(C(F)F)c2F)c2cc(N3CCC(F)C3)ncc2n1. The van der Waals surface area contributed by atoms with Gasteiger partial charge in [-0.3, -0.25) is 0 Å². The van der Waals surface area contributed by atoms with E-state index in [2.05, 4.69) is 20.3 Å². The first-order chi connectivity index (χ1) is 13.9. The quantitative estimate of drug-likeness (QED) is 0.631. The van der Waals surface area contributed by atoms with Gasteiger partial charge < -0.3 is 10.2 Å². The van der Waals surface area contributed by atoms with Crippen LogP contribution in [-0.2, 0) is 6.54 Å². The van der Waals surface area contributed by atoms with E-state index in [0.29, 0.717) is 41.3 Å². The Labute approximate surface area is 164 Å². The van der Waals surface area contributed by atoms with Gasteiger partial charge in [-0.25, -0.2) is 32.5 Å². The number of rotatable bonds is 5. The van der Waals surface area contributed by atoms with Crippen LogP contribution in [0.2, 0.25) is 0 Å². The third-order valence-electron chi connectivity index (χ3n) is 4.92. The van der Waals surface area contributed by atoms with Gasteiger partial charge in [-0.2, -0.15) is 0 Å². The molecule has 2 aromatic heterocycles. The second kappa shape index (κ2) is 7.81. The summed E-state index contributed by atoms with van der Waals surface area (Å²) in [6.45, 7) is 2.54. The first kappa shape index (κ1) is 19.4. The van der Waals surface area contributed by atoms with Gasteiger partial charge >= 0.3 is 0 Å². The summed E-state index contributed by atoms with van der Waals surface area (Å²) in [4.78, 5) is 14.9. The predicted octanol–water partition coefficient (Wildman–Crippen LogP) is 4.57. The highest BCUT2D eigenvalue weighted by atomic mass is 19.3. The van der Waals surface area contributed by atoms with E-state index in [4.69, 9.17) is 0 Å². The van der Waals surface area contributed by atoms with Gasteiger partial charge in [-0.05, 0) is 19.4 Å². The molecule has 0 spiro atoms. The number of benzene rings is 1. The van der Waals surface area contributed by atoms with E-state index in [1.807, 2.05) is 4.90 Å². The number of anilines is 2. The molecule has 1 N–H and O–H groups in total. The molecular formula is C20H19F4N5. The zero-order chi connectivity index (χ0) is 20.5. The molecule has 3 aromatic rings. The Balaban J connectivity index is 1.65. The van der Waals surface area contributed by atoms with Gasteiger partial charge in [-0.1, -0.05) is 18.2 Å². The molecule has 4 rings (SSSR count). The van der Waals surface area contributed by atoms with Gasteiger partial charge in [0.15, 0.2) is 0 Å². The molecule has 1 aliphatic heterocycles. The normalized spacial score (nSPS) is 16.8. The zero-order valence-corrected chi connectivity index (χ0v) is 15.7. The number of halogens is 4. The maximum atomic E-state index is 14.3. The van der Waals surface area contributed by atoms with Crippen LogP contribution in [0.3, 0.4) is 0 Å². The Kier molecular flexibility index (Phi) is 5.21. The van der Waals surface area contributed by atoms with Crippen molar-refractivity contribution in [3.63, 3.8) is 0 Å². The van der Waals surface area contributed by atoms with Crippen molar-refractivity contribution in [3.8, 4) is 0 Å². The summed E-state index contributed by atoms with van der Waals surface area (Å²) >= 11 is 0. The number of hydrogen-bond acceptors (Lipinski definition) is 5. The van der Waals surface area contributed by atoms with Crippen LogP contribution in [0.1, 0.15) is 29.8 Å². The standard InChI is InChI=1S/C20H19F4N5/c1-11-27-16-9-25-17(29-6-5-13(21)10-29)7-15(16)20(28-11)26-8-12-3-2-4-14(18(12)22)19(23)24/h2-4,7,9,13,19H,5-6,8,10H2,1H3,(H,26,27,28). The lowest BCUT2D eigenvalue weighted by Gasteiger charge is -2.17. The van der Waals surface area contributed by atoms with Gasteiger partial charge in [-0.15, -0.1) is 0 Å². The van der Waals surface area contributed by atoms with Crippen LogP contribution in [0.4, 0.5) is 29.2 Å². The van der Waals surface area contributed by atoms with Crippen LogP contribution < -0.4 is 10.2 Å². The van der Waals surface area contributed by atoms with E-state index in [0.717, 1.165) is 6.07 Å². The summed E-state index contributed by atoms with van der Waals surface area (Å²) < 4.78 is 53.7. The van der Waals surface area contributed by atoms with Gasteiger partial charge in [0, 0.05) is 24.0 Å². The number of fused-ring (bicyclic) bond motifs is 1. The summed E-state index contributed by atoms with van der Waals surface area (Å²) in [5.41, 5.74) is 0.0668. The number of aryl methyl sites for hydroxylation is 1. The number of hydrogen-bond donors (Lipinski definition) is 1. The minimum absolute atomic E-state index is 0.0220. The molecule has 1 saturated heterocycles. The minimum Gasteiger partial charge on any atom is -0.365 e. The highest BCUT2D eigenvalue weighted by Gasteiger charge is 2.23. The molecule has 0 aliphatic carbocycles. The Morgan fingerprint density at radius 2 is 2.10 bits per heavy atom. The van der Waals surface area contributed by atoms with Crippen LogP contribution in [0.15, 0.2) is 30.5 Å². The van der Waals surface area contributed by atoms with Crippen molar-refractivity contribution in [3.05, 3.63) is 53.2 Å². The summed E-state index contributed by atoms with van der Waals surface area (Å²) in [6.07, 6.45) is -1.72. The van der Waals surface area contributed by atoms with Crippen LogP contribution in [0.5, 0.6) is 0 Å². The number of nitrogens with zero attached hydrogens (tertiary/aromatic N) is 4. The predicted molar refractivity (Wildman–Crippen MR) is 102 cm³/mol. The van der Waals surface area contributed by atoms with Gasteiger partial charge in [0.25, 0.3) is 6.43 Å². The first-order valence-corrected chi connectivity index (χ1v) is 9.25. The smallest absolute Gasteiger partial charge is 0.266 e. The number of nitrogens with one attached hydrogen (secondary N) is 1. The van der Waals surface area contributed by atoms with E-state index in [1.165, 1.54) is 12.1 Å². The van der Waals surface area contributed by atoms with E-state index in [1.54, 1.807) is 19.2 Å². The molecule has 29 heavy (non-hydrogen) atoms. The number of alkyl halides is 3. The Hall–Kier alpha value is -2.97. The summed E-state index contributed by atoms with van der Waals surface area (Å²) in [5.74, 6) is 0.605. The van der Waals surface area contributed by atoms with E-state index in [-0.39, 0.29) is 18.7 Å². The fourth-order valence-electron chi connectivity index (χ4n) is 3.45. The van der Waals surface area contributed by atoms with Crippen LogP contribution in [0.25, 0.3) is 10.9 Å². The Morgan fingerprint density at radius 3 is 2.83 bits per heavy atom. The largest absolute Gasteiger partial charge is 0.365 e. The lowest BCUT2D eigenvalue weighted by Crippen LogP contribution is -2.21. The van der Waals surface area contributed by atoms with Crippen molar-refractivity contribution in [1.29, 1.82) is 0 Å². The molecule has 0 amide bonds. The lowest BCUT2D eigenvalue weighted by molar-refractivity contribution is 0.146. The van der Waals surface area contributed by atoms with Crippen LogP contribution >= 0.6 is 0 Å². The summed E-state index contributed by atoms with van der Waals surface area (Å²) in [7, 11) is 0. The van der Waals surface area contributed by atoms with Gasteiger partial charge in [0.2, 0.25) is 0 Å². The molecule has 1 atom stereocenters. The van der Waals surface area contributed by atoms with E-state index in [9.17, 15) is 17.6 Å². The molecule has 5 nitrogen and oxygen atoms in total. The maximum absolute atomic E-state index is 14.3. The van der Waals surface area contributed by atoms with Gasteiger partial charge in [0.1, 0.15) is 29.4 Å². The first-order valence-electron chi connectivity index (χ1n) is 9.25. The highest BCUT2D eigenvalue weighted by Crippen LogP contribution is 2.28. The van der Waals surface area contributed by atoms with Crippen molar-refractivity contribution >= 4 is 22.5 Å². The monoisotopic (exact) mass is 405 g/mol. The van der Waals surface area contributed by atoms with Crippen molar-refractivity contribution < 1.29 is 17.6 Å². The van der Waals surface area contributed by atoms with Crippen molar-refractivity contribution in [2.45, 2.75) is 32.5 Å². The molecule has 152 valence electrons. The van der Waals surface area contributed by atoms with Crippen molar-refractivity contribution in [2.24, 2.45) is 0 Å². The topological polar surface area (TPSA) is 53.9 Å².